The molecule has 0 saturated carbocycles. The van der Waals surface area contributed by atoms with Gasteiger partial charge in [-0.25, -0.2) is 4.98 Å². The molecule has 8 nitrogen and oxygen atoms in total. The summed E-state index contributed by atoms with van der Waals surface area (Å²) in [7, 11) is 0. The van der Waals surface area contributed by atoms with Gasteiger partial charge in [0, 0.05) is 17.8 Å². The molecule has 0 aliphatic heterocycles. The molecular weight excluding hydrogens is 278 g/mol. The standard InChI is InChI=1S/C13H19N3O5/c1-13(2,3)12-14-4-5-15(12)6-9(17)16(7-10(18)19)8-11(20)21/h4-5H,6-8H2,1-3H3,(H,18,19)(H,20,21). The first-order valence-electron chi connectivity index (χ1n) is 6.34. The number of amides is 1. The van der Waals surface area contributed by atoms with E-state index in [4.69, 9.17) is 10.2 Å². The highest BCUT2D eigenvalue weighted by molar-refractivity contribution is 5.85. The van der Waals surface area contributed by atoms with Crippen LogP contribution >= 0.6 is 0 Å². The lowest BCUT2D eigenvalue weighted by molar-refractivity contribution is -0.149. The van der Waals surface area contributed by atoms with E-state index in [1.807, 2.05) is 20.8 Å². The van der Waals surface area contributed by atoms with Crippen LogP contribution in [0.3, 0.4) is 0 Å². The molecule has 1 amide bonds. The van der Waals surface area contributed by atoms with Crippen LogP contribution in [-0.2, 0) is 26.3 Å². The van der Waals surface area contributed by atoms with Gasteiger partial charge in [-0.05, 0) is 0 Å². The molecule has 0 aliphatic carbocycles. The molecule has 1 rings (SSSR count). The van der Waals surface area contributed by atoms with E-state index in [9.17, 15) is 14.4 Å². The van der Waals surface area contributed by atoms with Crippen LogP contribution in [0.15, 0.2) is 12.4 Å². The maximum absolute atomic E-state index is 12.1. The summed E-state index contributed by atoms with van der Waals surface area (Å²) in [5.74, 6) is -2.43. The summed E-state index contributed by atoms with van der Waals surface area (Å²) in [5, 5.41) is 17.5. The third kappa shape index (κ3) is 4.90. The fourth-order valence-corrected chi connectivity index (χ4v) is 1.89. The van der Waals surface area contributed by atoms with E-state index in [0.717, 1.165) is 4.90 Å². The summed E-state index contributed by atoms with van der Waals surface area (Å²) in [5.41, 5.74) is -0.284. The van der Waals surface area contributed by atoms with Crippen molar-refractivity contribution in [1.82, 2.24) is 14.5 Å². The van der Waals surface area contributed by atoms with Crippen LogP contribution in [0.4, 0.5) is 0 Å². The summed E-state index contributed by atoms with van der Waals surface area (Å²) >= 11 is 0. The number of hydrogen-bond acceptors (Lipinski definition) is 4. The zero-order valence-corrected chi connectivity index (χ0v) is 12.2. The summed E-state index contributed by atoms with van der Waals surface area (Å²) < 4.78 is 1.60. The van der Waals surface area contributed by atoms with E-state index < -0.39 is 30.9 Å². The number of nitrogens with zero attached hydrogens (tertiary/aromatic N) is 3. The largest absolute Gasteiger partial charge is 0.480 e. The predicted molar refractivity (Wildman–Crippen MR) is 72.8 cm³/mol. The van der Waals surface area contributed by atoms with Crippen molar-refractivity contribution in [3.63, 3.8) is 0 Å². The van der Waals surface area contributed by atoms with Crippen LogP contribution in [0.5, 0.6) is 0 Å². The van der Waals surface area contributed by atoms with Crippen LogP contribution in [0, 0.1) is 0 Å². The molecular formula is C13H19N3O5. The van der Waals surface area contributed by atoms with Gasteiger partial charge in [-0.15, -0.1) is 0 Å². The molecule has 0 atom stereocenters. The second kappa shape index (κ2) is 6.38. The number of imidazole rings is 1. The van der Waals surface area contributed by atoms with Crippen LogP contribution in [0.25, 0.3) is 0 Å². The minimum absolute atomic E-state index is 0.146. The van der Waals surface area contributed by atoms with Crippen molar-refractivity contribution in [2.75, 3.05) is 13.1 Å². The number of aromatic nitrogens is 2. The summed E-state index contributed by atoms with van der Waals surface area (Å²) in [6.45, 7) is 4.36. The Hall–Kier alpha value is -2.38. The summed E-state index contributed by atoms with van der Waals surface area (Å²) in [6, 6.07) is 0. The zero-order chi connectivity index (χ0) is 16.2. The molecule has 8 heteroatoms. The number of hydrogen-bond donors (Lipinski definition) is 2. The van der Waals surface area contributed by atoms with Crippen LogP contribution in [-0.4, -0.2) is 55.6 Å². The van der Waals surface area contributed by atoms with Crippen LogP contribution < -0.4 is 0 Å². The highest BCUT2D eigenvalue weighted by Gasteiger charge is 2.24. The molecule has 0 fully saturated rings. The molecule has 0 aliphatic rings. The van der Waals surface area contributed by atoms with E-state index in [2.05, 4.69) is 4.98 Å². The van der Waals surface area contributed by atoms with Gasteiger partial charge in [-0.2, -0.15) is 0 Å². The predicted octanol–water partition coefficient (Wildman–Crippen LogP) is 0.178. The zero-order valence-electron chi connectivity index (χ0n) is 12.2. The Morgan fingerprint density at radius 1 is 1.19 bits per heavy atom. The van der Waals surface area contributed by atoms with Gasteiger partial charge in [0.05, 0.1) is 0 Å². The lowest BCUT2D eigenvalue weighted by Crippen LogP contribution is -2.41. The molecule has 1 aromatic rings. The lowest BCUT2D eigenvalue weighted by atomic mass is 9.96. The number of aliphatic carboxylic acids is 2. The maximum atomic E-state index is 12.1. The molecule has 1 heterocycles. The third-order valence-electron chi connectivity index (χ3n) is 2.70. The van der Waals surface area contributed by atoms with Crippen molar-refractivity contribution in [3.8, 4) is 0 Å². The molecule has 0 spiro atoms. The number of carboxylic acid groups (broad SMARTS) is 2. The Morgan fingerprint density at radius 2 is 1.71 bits per heavy atom. The quantitative estimate of drug-likeness (QED) is 0.774. The first-order chi connectivity index (χ1) is 9.61. The topological polar surface area (TPSA) is 113 Å². The Kier molecular flexibility index (Phi) is 5.07. The van der Waals surface area contributed by atoms with E-state index in [-0.39, 0.29) is 12.0 Å². The highest BCUT2D eigenvalue weighted by Crippen LogP contribution is 2.20. The maximum Gasteiger partial charge on any atom is 0.323 e. The molecule has 0 unspecified atom stereocenters. The Morgan fingerprint density at radius 3 is 2.14 bits per heavy atom. The van der Waals surface area contributed by atoms with E-state index in [0.29, 0.717) is 5.82 Å². The van der Waals surface area contributed by atoms with Gasteiger partial charge >= 0.3 is 11.9 Å². The smallest absolute Gasteiger partial charge is 0.323 e. The highest BCUT2D eigenvalue weighted by atomic mass is 16.4. The molecule has 0 bridgehead atoms. The van der Waals surface area contributed by atoms with Gasteiger partial charge in [-0.1, -0.05) is 20.8 Å². The van der Waals surface area contributed by atoms with Gasteiger partial charge < -0.3 is 19.7 Å². The molecule has 116 valence electrons. The average Bonchev–Trinajstić information content (AvgIpc) is 2.74. The first-order valence-corrected chi connectivity index (χ1v) is 6.34. The molecule has 0 aromatic carbocycles. The van der Waals surface area contributed by atoms with Crippen molar-refractivity contribution >= 4 is 17.8 Å². The van der Waals surface area contributed by atoms with E-state index >= 15 is 0 Å². The van der Waals surface area contributed by atoms with Crippen LogP contribution in [0.2, 0.25) is 0 Å². The summed E-state index contributed by atoms with van der Waals surface area (Å²) in [6.07, 6.45) is 3.16. The Labute approximate surface area is 122 Å². The van der Waals surface area contributed by atoms with Gasteiger partial charge in [0.25, 0.3) is 0 Å². The van der Waals surface area contributed by atoms with Crippen LogP contribution in [0.1, 0.15) is 26.6 Å². The van der Waals surface area contributed by atoms with Gasteiger partial charge in [0.1, 0.15) is 25.5 Å². The lowest BCUT2D eigenvalue weighted by Gasteiger charge is -2.22. The van der Waals surface area contributed by atoms with Crippen molar-refractivity contribution in [2.24, 2.45) is 0 Å². The Balaban J connectivity index is 2.89. The normalized spacial score (nSPS) is 11.2. The van der Waals surface area contributed by atoms with Gasteiger partial charge in [-0.3, -0.25) is 14.4 Å². The fraction of sp³-hybridized carbons (Fsp3) is 0.538. The first kappa shape index (κ1) is 16.7. The molecule has 0 saturated heterocycles. The second-order valence-electron chi connectivity index (χ2n) is 5.67. The second-order valence-corrected chi connectivity index (χ2v) is 5.67. The minimum atomic E-state index is -1.26. The number of carbonyl (C=O) groups excluding carboxylic acids is 1. The van der Waals surface area contributed by atoms with Crippen molar-refractivity contribution in [1.29, 1.82) is 0 Å². The number of rotatable bonds is 6. The SMILES string of the molecule is CC(C)(C)c1nccn1CC(=O)N(CC(=O)O)CC(=O)O. The molecule has 1 aromatic heterocycles. The van der Waals surface area contributed by atoms with E-state index in [1.165, 1.54) is 0 Å². The number of carbonyl (C=O) groups is 3. The summed E-state index contributed by atoms with van der Waals surface area (Å²) in [4.78, 5) is 38.5. The fourth-order valence-electron chi connectivity index (χ4n) is 1.89. The third-order valence-corrected chi connectivity index (χ3v) is 2.70. The molecule has 0 radical (unpaired) electrons. The van der Waals surface area contributed by atoms with Crippen molar-refractivity contribution < 1.29 is 24.6 Å². The molecule has 21 heavy (non-hydrogen) atoms. The number of carboxylic acids is 2. The van der Waals surface area contributed by atoms with Gasteiger partial charge in [0.15, 0.2) is 0 Å². The minimum Gasteiger partial charge on any atom is -0.480 e. The molecule has 2 N–H and O–H groups in total. The Bertz CT molecular complexity index is 528. The van der Waals surface area contributed by atoms with Gasteiger partial charge in [0.2, 0.25) is 5.91 Å². The van der Waals surface area contributed by atoms with Crippen molar-refractivity contribution in [2.45, 2.75) is 32.7 Å². The monoisotopic (exact) mass is 297 g/mol. The van der Waals surface area contributed by atoms with E-state index in [1.54, 1.807) is 17.0 Å². The average molecular weight is 297 g/mol. The van der Waals surface area contributed by atoms with Crippen molar-refractivity contribution in [3.05, 3.63) is 18.2 Å².